The van der Waals surface area contributed by atoms with Crippen LogP contribution in [-0.2, 0) is 0 Å². The van der Waals surface area contributed by atoms with Crippen LogP contribution in [0.2, 0.25) is 0 Å². The number of nitrogens with zero attached hydrogens (tertiary/aromatic N) is 1. The maximum Gasteiger partial charge on any atom is 0.0621 e. The van der Waals surface area contributed by atoms with Gasteiger partial charge >= 0.3 is 0 Å². The third-order valence-corrected chi connectivity index (χ3v) is 3.24. The van der Waals surface area contributed by atoms with Crippen molar-refractivity contribution in [3.8, 4) is 6.07 Å². The fourth-order valence-corrected chi connectivity index (χ4v) is 2.02. The number of allylic oxidation sites excluding steroid dienone is 4. The van der Waals surface area contributed by atoms with Gasteiger partial charge in [-0.3, -0.25) is 0 Å². The van der Waals surface area contributed by atoms with E-state index in [0.29, 0.717) is 0 Å². The van der Waals surface area contributed by atoms with Crippen molar-refractivity contribution in [1.82, 2.24) is 0 Å². The molecule has 0 aromatic heterocycles. The highest BCUT2D eigenvalue weighted by atomic mass is 14.2. The van der Waals surface area contributed by atoms with E-state index in [2.05, 4.69) is 37.3 Å². The monoisotopic (exact) mass is 261 g/mol. The lowest BCUT2D eigenvalue weighted by molar-refractivity contribution is 0.623. The van der Waals surface area contributed by atoms with E-state index in [1.54, 1.807) is 0 Å². The second kappa shape index (κ2) is 17.0. The second-order valence-electron chi connectivity index (χ2n) is 5.14. The third-order valence-electron chi connectivity index (χ3n) is 3.24. The Hall–Kier alpha value is -1.03. The Labute approximate surface area is 120 Å². The van der Waals surface area contributed by atoms with Gasteiger partial charge in [0.15, 0.2) is 0 Å². The van der Waals surface area contributed by atoms with Gasteiger partial charge in [-0.15, -0.1) is 0 Å². The Morgan fingerprint density at radius 3 is 1.95 bits per heavy atom. The van der Waals surface area contributed by atoms with E-state index < -0.39 is 0 Å². The van der Waals surface area contributed by atoms with Crippen LogP contribution in [0.3, 0.4) is 0 Å². The Morgan fingerprint density at radius 1 is 0.737 bits per heavy atom. The number of hydrogen-bond donors (Lipinski definition) is 0. The summed E-state index contributed by atoms with van der Waals surface area (Å²) in [7, 11) is 0. The SMILES string of the molecule is CCCCCC=CCC=CCCCCCCCC#N. The molecule has 0 aliphatic rings. The van der Waals surface area contributed by atoms with E-state index in [-0.39, 0.29) is 0 Å². The fraction of sp³-hybridized carbons (Fsp3) is 0.722. The van der Waals surface area contributed by atoms with Crippen molar-refractivity contribution in [2.45, 2.75) is 84.0 Å². The molecular formula is C18H31N. The molecule has 108 valence electrons. The molecule has 1 nitrogen and oxygen atoms in total. The standard InChI is InChI=1S/C18H31N/c1-2-3-4-5-6-7-8-9-10-11-12-13-14-15-16-17-18-19/h6-7,9-10H,2-5,8,11-17H2,1H3. The summed E-state index contributed by atoms with van der Waals surface area (Å²) >= 11 is 0. The van der Waals surface area contributed by atoms with Crippen LogP contribution >= 0.6 is 0 Å². The number of rotatable bonds is 13. The van der Waals surface area contributed by atoms with E-state index in [1.807, 2.05) is 0 Å². The van der Waals surface area contributed by atoms with E-state index in [0.717, 1.165) is 19.3 Å². The van der Waals surface area contributed by atoms with Crippen LogP contribution in [0.1, 0.15) is 84.0 Å². The zero-order valence-electron chi connectivity index (χ0n) is 12.7. The molecule has 0 aliphatic heterocycles. The molecule has 0 saturated carbocycles. The lowest BCUT2D eigenvalue weighted by atomic mass is 10.1. The van der Waals surface area contributed by atoms with Crippen LogP contribution < -0.4 is 0 Å². The quantitative estimate of drug-likeness (QED) is 0.281. The minimum absolute atomic E-state index is 0.727. The van der Waals surface area contributed by atoms with Gasteiger partial charge in [-0.05, 0) is 38.5 Å². The van der Waals surface area contributed by atoms with Crippen molar-refractivity contribution >= 4 is 0 Å². The predicted molar refractivity (Wildman–Crippen MR) is 85.0 cm³/mol. The number of nitriles is 1. The maximum absolute atomic E-state index is 8.41. The van der Waals surface area contributed by atoms with Gasteiger partial charge < -0.3 is 0 Å². The largest absolute Gasteiger partial charge is 0.198 e. The van der Waals surface area contributed by atoms with Crippen LogP contribution in [0.4, 0.5) is 0 Å². The molecule has 0 aliphatic carbocycles. The average molecular weight is 261 g/mol. The summed E-state index contributed by atoms with van der Waals surface area (Å²) in [5.41, 5.74) is 0. The van der Waals surface area contributed by atoms with Crippen molar-refractivity contribution in [1.29, 1.82) is 5.26 Å². The summed E-state index contributed by atoms with van der Waals surface area (Å²) in [5.74, 6) is 0. The molecule has 0 radical (unpaired) electrons. The molecule has 0 N–H and O–H groups in total. The first-order valence-corrected chi connectivity index (χ1v) is 8.08. The summed E-state index contributed by atoms with van der Waals surface area (Å²) in [5, 5.41) is 8.41. The number of hydrogen-bond acceptors (Lipinski definition) is 1. The van der Waals surface area contributed by atoms with Gasteiger partial charge in [0.1, 0.15) is 0 Å². The summed E-state index contributed by atoms with van der Waals surface area (Å²) < 4.78 is 0. The highest BCUT2D eigenvalue weighted by molar-refractivity contribution is 4.92. The summed E-state index contributed by atoms with van der Waals surface area (Å²) in [4.78, 5) is 0. The summed E-state index contributed by atoms with van der Waals surface area (Å²) in [6.45, 7) is 2.25. The highest BCUT2D eigenvalue weighted by Gasteiger charge is 1.89. The molecule has 0 fully saturated rings. The second-order valence-corrected chi connectivity index (χ2v) is 5.14. The Bertz CT molecular complexity index is 257. The smallest absolute Gasteiger partial charge is 0.0621 e. The first kappa shape index (κ1) is 18.0. The molecule has 0 amide bonds. The normalized spacial score (nSPS) is 11.4. The first-order chi connectivity index (χ1) is 9.41. The van der Waals surface area contributed by atoms with Crippen LogP contribution in [0.5, 0.6) is 0 Å². The van der Waals surface area contributed by atoms with Gasteiger partial charge in [0.25, 0.3) is 0 Å². The first-order valence-electron chi connectivity index (χ1n) is 8.08. The van der Waals surface area contributed by atoms with Crippen LogP contribution in [0.25, 0.3) is 0 Å². The molecule has 0 atom stereocenters. The molecule has 0 saturated heterocycles. The lowest BCUT2D eigenvalue weighted by Crippen LogP contribution is -1.78. The Kier molecular flexibility index (Phi) is 16.1. The van der Waals surface area contributed by atoms with E-state index in [9.17, 15) is 0 Å². The van der Waals surface area contributed by atoms with Crippen LogP contribution in [-0.4, -0.2) is 0 Å². The summed E-state index contributed by atoms with van der Waals surface area (Å²) in [6.07, 6.45) is 23.7. The van der Waals surface area contributed by atoms with Crippen LogP contribution in [0.15, 0.2) is 24.3 Å². The van der Waals surface area contributed by atoms with Crippen molar-refractivity contribution in [3.63, 3.8) is 0 Å². The van der Waals surface area contributed by atoms with Gasteiger partial charge in [-0.25, -0.2) is 0 Å². The zero-order valence-corrected chi connectivity index (χ0v) is 12.7. The van der Waals surface area contributed by atoms with Crippen molar-refractivity contribution in [3.05, 3.63) is 24.3 Å². The minimum atomic E-state index is 0.727. The van der Waals surface area contributed by atoms with Crippen LogP contribution in [0, 0.1) is 11.3 Å². The van der Waals surface area contributed by atoms with E-state index in [1.165, 1.54) is 57.8 Å². The van der Waals surface area contributed by atoms with Gasteiger partial charge in [-0.2, -0.15) is 5.26 Å². The van der Waals surface area contributed by atoms with Gasteiger partial charge in [0.05, 0.1) is 6.07 Å². The molecule has 0 aromatic rings. The molecular weight excluding hydrogens is 230 g/mol. The van der Waals surface area contributed by atoms with Gasteiger partial charge in [-0.1, -0.05) is 63.3 Å². The topological polar surface area (TPSA) is 23.8 Å². The average Bonchev–Trinajstić information content (AvgIpc) is 2.43. The molecule has 1 heteroatoms. The third kappa shape index (κ3) is 17.0. The molecule has 0 heterocycles. The van der Waals surface area contributed by atoms with Gasteiger partial charge in [0.2, 0.25) is 0 Å². The molecule has 0 spiro atoms. The van der Waals surface area contributed by atoms with E-state index in [4.69, 9.17) is 5.26 Å². The Balaban J connectivity index is 3.15. The summed E-state index contributed by atoms with van der Waals surface area (Å²) in [6, 6.07) is 2.20. The van der Waals surface area contributed by atoms with Gasteiger partial charge in [0, 0.05) is 6.42 Å². The fourth-order valence-electron chi connectivity index (χ4n) is 2.02. The molecule has 19 heavy (non-hydrogen) atoms. The molecule has 0 unspecified atom stereocenters. The highest BCUT2D eigenvalue weighted by Crippen LogP contribution is 2.07. The van der Waals surface area contributed by atoms with Crippen molar-refractivity contribution < 1.29 is 0 Å². The molecule has 0 bridgehead atoms. The lowest BCUT2D eigenvalue weighted by Gasteiger charge is -1.96. The minimum Gasteiger partial charge on any atom is -0.198 e. The predicted octanol–water partition coefficient (Wildman–Crippen LogP) is 6.32. The van der Waals surface area contributed by atoms with Crippen molar-refractivity contribution in [2.75, 3.05) is 0 Å². The number of unbranched alkanes of at least 4 members (excludes halogenated alkanes) is 9. The molecule has 0 rings (SSSR count). The maximum atomic E-state index is 8.41. The Morgan fingerprint density at radius 2 is 1.32 bits per heavy atom. The van der Waals surface area contributed by atoms with Crippen molar-refractivity contribution in [2.24, 2.45) is 0 Å². The zero-order chi connectivity index (χ0) is 14.0. The van der Waals surface area contributed by atoms with E-state index >= 15 is 0 Å². The molecule has 0 aromatic carbocycles.